The van der Waals surface area contributed by atoms with Crippen molar-refractivity contribution in [2.45, 2.75) is 24.9 Å². The predicted molar refractivity (Wildman–Crippen MR) is 184 cm³/mol. The van der Waals surface area contributed by atoms with Crippen molar-refractivity contribution in [1.82, 2.24) is 19.8 Å². The third-order valence-electron chi connectivity index (χ3n) is 9.15. The van der Waals surface area contributed by atoms with E-state index in [0.717, 1.165) is 17.4 Å². The van der Waals surface area contributed by atoms with Gasteiger partial charge in [-0.1, -0.05) is 5.16 Å². The van der Waals surface area contributed by atoms with E-state index >= 15 is 4.39 Å². The summed E-state index contributed by atoms with van der Waals surface area (Å²) in [6.07, 6.45) is 1.27. The third kappa shape index (κ3) is 6.15. The number of hydrogen-bond donors (Lipinski definition) is 4. The molecule has 264 valence electrons. The molecule has 2 atom stereocenters. The number of likely N-dealkylation sites (N-methyl/N-ethyl adjacent to an activating group) is 1. The first-order chi connectivity index (χ1) is 23.8. The maximum absolute atomic E-state index is 15.5. The van der Waals surface area contributed by atoms with Crippen LogP contribution in [0.2, 0.25) is 0 Å². The number of carboxylic acids is 2. The van der Waals surface area contributed by atoms with Gasteiger partial charge >= 0.3 is 11.9 Å². The average Bonchev–Trinajstić information content (AvgIpc) is 3.51. The van der Waals surface area contributed by atoms with E-state index in [-0.39, 0.29) is 33.3 Å². The molecule has 16 nitrogen and oxygen atoms in total. The highest BCUT2D eigenvalue weighted by atomic mass is 32.2. The number of aryl methyl sites for hydroxylation is 1. The number of benzene rings is 1. The lowest BCUT2D eigenvalue weighted by Crippen LogP contribution is -2.71. The number of thiazole rings is 1. The summed E-state index contributed by atoms with van der Waals surface area (Å²) < 4.78 is 17.5. The Morgan fingerprint density at radius 2 is 1.92 bits per heavy atom. The molecule has 6 rings (SSSR count). The molecule has 0 bridgehead atoms. The topological polar surface area (TPSA) is 210 Å². The zero-order chi connectivity index (χ0) is 36.1. The van der Waals surface area contributed by atoms with Crippen molar-refractivity contribution in [1.29, 1.82) is 0 Å². The zero-order valence-electron chi connectivity index (χ0n) is 27.2. The van der Waals surface area contributed by atoms with Gasteiger partial charge in [0.25, 0.3) is 11.8 Å². The number of aromatic nitrogens is 2. The van der Waals surface area contributed by atoms with Gasteiger partial charge in [-0.15, -0.1) is 23.1 Å². The van der Waals surface area contributed by atoms with E-state index in [9.17, 15) is 34.2 Å². The van der Waals surface area contributed by atoms with Gasteiger partial charge < -0.3 is 40.1 Å². The number of nitrogens with two attached hydrogens (primary N) is 1. The third-order valence-corrected chi connectivity index (χ3v) is 11.2. The molecule has 3 aliphatic heterocycles. The number of oxime groups is 1. The number of carboxylic acid groups (broad SMARTS) is 2. The number of piperazine rings is 1. The van der Waals surface area contributed by atoms with Gasteiger partial charge in [-0.2, -0.15) is 0 Å². The fourth-order valence-electron chi connectivity index (χ4n) is 6.57. The highest BCUT2D eigenvalue weighted by Gasteiger charge is 2.55. The molecule has 5 N–H and O–H groups in total. The minimum absolute atomic E-state index is 0.0116. The zero-order valence-corrected chi connectivity index (χ0v) is 28.8. The van der Waals surface area contributed by atoms with Crippen LogP contribution in [0.5, 0.6) is 0 Å². The van der Waals surface area contributed by atoms with Gasteiger partial charge in [0, 0.05) is 34.8 Å². The number of thioether (sulfide) groups is 1. The Labute approximate surface area is 292 Å². The van der Waals surface area contributed by atoms with Crippen LogP contribution in [0, 0.1) is 5.82 Å². The summed E-state index contributed by atoms with van der Waals surface area (Å²) in [7, 11) is 3.24. The fraction of sp³-hybridized carbons (Fsp3) is 0.387. The van der Waals surface area contributed by atoms with Crippen molar-refractivity contribution >= 4 is 74.3 Å². The maximum atomic E-state index is 15.5. The second-order valence-electron chi connectivity index (χ2n) is 12.3. The van der Waals surface area contributed by atoms with Gasteiger partial charge in [0.15, 0.2) is 10.8 Å². The van der Waals surface area contributed by atoms with Crippen molar-refractivity contribution in [3.05, 3.63) is 62.3 Å². The monoisotopic (exact) mass is 729 g/mol. The molecule has 2 fully saturated rings. The first-order valence-electron chi connectivity index (χ1n) is 15.5. The number of anilines is 2. The molecule has 2 amide bonds. The number of aromatic carboxylic acids is 1. The Hall–Kier alpha value is -5.01. The number of rotatable bonds is 10. The second kappa shape index (κ2) is 13.4. The van der Waals surface area contributed by atoms with E-state index < -0.39 is 52.0 Å². The van der Waals surface area contributed by atoms with Crippen LogP contribution in [0.4, 0.5) is 15.2 Å². The SMILES string of the molecule is CCn1cc(C(=O)O)c(=O)c2cc(F)c(N3CC[N+](C)(CC4=C(C(=O)O)N5C(=O)[C@H](NC(=O)/C(=N\OC)c6csc(N)n6)[C@H]5SC4)CC3)cc21. The predicted octanol–water partition coefficient (Wildman–Crippen LogP) is 0.953. The average molecular weight is 730 g/mol. The Morgan fingerprint density at radius 1 is 1.20 bits per heavy atom. The van der Waals surface area contributed by atoms with Crippen molar-refractivity contribution in [2.75, 3.05) is 63.3 Å². The Kier molecular flexibility index (Phi) is 9.31. The Morgan fingerprint density at radius 3 is 2.52 bits per heavy atom. The number of nitrogens with zero attached hydrogens (tertiary/aromatic N) is 6. The van der Waals surface area contributed by atoms with Crippen LogP contribution in [-0.4, -0.2) is 123 Å². The van der Waals surface area contributed by atoms with Gasteiger partial charge in [0.2, 0.25) is 5.43 Å². The highest BCUT2D eigenvalue weighted by molar-refractivity contribution is 8.00. The van der Waals surface area contributed by atoms with Crippen LogP contribution in [0.1, 0.15) is 23.0 Å². The van der Waals surface area contributed by atoms with Crippen LogP contribution in [0.15, 0.2) is 44.9 Å². The summed E-state index contributed by atoms with van der Waals surface area (Å²) >= 11 is 2.45. The number of nitrogen functional groups attached to an aromatic ring is 1. The van der Waals surface area contributed by atoms with Crippen LogP contribution in [0.3, 0.4) is 0 Å². The van der Waals surface area contributed by atoms with Crippen molar-refractivity contribution in [3.8, 4) is 0 Å². The molecule has 2 aromatic heterocycles. The van der Waals surface area contributed by atoms with E-state index in [1.54, 1.807) is 17.6 Å². The molecule has 1 aromatic carbocycles. The molecular formula is C31H34FN8O8S2+. The number of fused-ring (bicyclic) bond motifs is 2. The number of β-lactam (4-membered cyclic amide) rings is 1. The summed E-state index contributed by atoms with van der Waals surface area (Å²) in [6.45, 7) is 4.38. The molecule has 3 aromatic rings. The standard InChI is InChI=1S/C31H33FN8O8S2/c1-4-37-11-17(29(44)45)25(41)16-9-18(32)21(10-20(16)37)38-5-7-40(2,8-6-38)12-15-13-49-28-23(27(43)39(28)24(15)30(46)47)35-26(42)22(36-48-3)19-14-50-31(33)34-19/h9-11,14,23,28H,4-8,12-13H2,1-3H3,(H4-,33,34,35,42,44,45,46,47)/p+1/b36-22-/t23-,28+/m0/s1. The van der Waals surface area contributed by atoms with Gasteiger partial charge in [-0.05, 0) is 19.1 Å². The molecular weight excluding hydrogens is 696 g/mol. The Balaban J connectivity index is 1.17. The molecule has 2 saturated heterocycles. The minimum atomic E-state index is -1.38. The summed E-state index contributed by atoms with van der Waals surface area (Å²) in [4.78, 5) is 75.2. The van der Waals surface area contributed by atoms with Crippen molar-refractivity contribution < 1.29 is 43.1 Å². The first-order valence-corrected chi connectivity index (χ1v) is 17.4. The number of carbonyl (C=O) groups excluding carboxylic acids is 2. The lowest BCUT2D eigenvalue weighted by Gasteiger charge is -2.50. The summed E-state index contributed by atoms with van der Waals surface area (Å²) in [5.41, 5.74) is 5.69. The van der Waals surface area contributed by atoms with E-state index in [4.69, 9.17) is 10.6 Å². The molecule has 0 unspecified atom stereocenters. The summed E-state index contributed by atoms with van der Waals surface area (Å²) in [5, 5.41) is 27.1. The van der Waals surface area contributed by atoms with Gasteiger partial charge in [0.1, 0.15) is 47.8 Å². The van der Waals surface area contributed by atoms with E-state index in [0.29, 0.717) is 60.6 Å². The number of halogens is 1. The summed E-state index contributed by atoms with van der Waals surface area (Å²) in [6, 6.07) is 1.67. The van der Waals surface area contributed by atoms with Crippen LogP contribution < -0.4 is 21.4 Å². The molecule has 0 saturated carbocycles. The minimum Gasteiger partial charge on any atom is -0.477 e. The van der Waals surface area contributed by atoms with Crippen LogP contribution in [0.25, 0.3) is 10.9 Å². The molecule has 0 aliphatic carbocycles. The fourth-order valence-corrected chi connectivity index (χ4v) is 8.45. The summed E-state index contributed by atoms with van der Waals surface area (Å²) in [5.74, 6) is -4.25. The number of carbonyl (C=O) groups is 4. The quantitative estimate of drug-likeness (QED) is 0.0996. The molecule has 19 heteroatoms. The molecule has 0 radical (unpaired) electrons. The number of nitrogens with one attached hydrogen (secondary N) is 1. The number of pyridine rings is 1. The first kappa shape index (κ1) is 34.8. The lowest BCUT2D eigenvalue weighted by atomic mass is 10.0. The van der Waals surface area contributed by atoms with Gasteiger partial charge in [-0.25, -0.2) is 19.0 Å². The van der Waals surface area contributed by atoms with E-state index in [2.05, 4.69) is 15.5 Å². The number of amides is 2. The normalized spacial score (nSPS) is 20.4. The Bertz CT molecular complexity index is 2050. The number of hydrogen-bond acceptors (Lipinski definition) is 12. The lowest BCUT2D eigenvalue weighted by molar-refractivity contribution is -0.905. The van der Waals surface area contributed by atoms with Crippen LogP contribution >= 0.6 is 23.1 Å². The second-order valence-corrected chi connectivity index (χ2v) is 14.3. The number of aliphatic carboxylic acids is 1. The van der Waals surface area contributed by atoms with Crippen molar-refractivity contribution in [2.24, 2.45) is 5.16 Å². The number of quaternary nitrogens is 1. The van der Waals surface area contributed by atoms with Gasteiger partial charge in [0.05, 0.1) is 44.4 Å². The molecule has 3 aliphatic rings. The van der Waals surface area contributed by atoms with E-state index in [1.807, 2.05) is 11.9 Å². The van der Waals surface area contributed by atoms with E-state index in [1.165, 1.54) is 35.3 Å². The largest absolute Gasteiger partial charge is 0.477 e. The highest BCUT2D eigenvalue weighted by Crippen LogP contribution is 2.41. The smallest absolute Gasteiger partial charge is 0.352 e. The molecule has 50 heavy (non-hydrogen) atoms. The molecule has 0 spiro atoms. The van der Waals surface area contributed by atoms with Gasteiger partial charge in [-0.3, -0.25) is 19.3 Å². The maximum Gasteiger partial charge on any atom is 0.352 e. The van der Waals surface area contributed by atoms with Crippen molar-refractivity contribution in [3.63, 3.8) is 0 Å². The molecule has 5 heterocycles. The van der Waals surface area contributed by atoms with Crippen LogP contribution in [-0.2, 0) is 25.8 Å².